The molecule has 0 bridgehead atoms. The second-order valence-electron chi connectivity index (χ2n) is 5.14. The van der Waals surface area contributed by atoms with E-state index in [9.17, 15) is 31.5 Å². The summed E-state index contributed by atoms with van der Waals surface area (Å²) >= 11 is 0. The SMILES string of the molecule is CCCCOC(=O)CCCC(=O)OCc1c(F)c(F)c(F)c(F)c1F. The van der Waals surface area contributed by atoms with Gasteiger partial charge in [0.25, 0.3) is 0 Å². The van der Waals surface area contributed by atoms with E-state index in [4.69, 9.17) is 4.74 Å². The van der Waals surface area contributed by atoms with E-state index in [1.807, 2.05) is 6.92 Å². The van der Waals surface area contributed by atoms with Crippen LogP contribution in [0.2, 0.25) is 0 Å². The summed E-state index contributed by atoms with van der Waals surface area (Å²) in [6.07, 6.45) is 1.33. The lowest BCUT2D eigenvalue weighted by Crippen LogP contribution is -2.12. The summed E-state index contributed by atoms with van der Waals surface area (Å²) in [7, 11) is 0. The normalized spacial score (nSPS) is 10.6. The van der Waals surface area contributed by atoms with Crippen LogP contribution in [0.1, 0.15) is 44.6 Å². The average Bonchev–Trinajstić information content (AvgIpc) is 2.58. The lowest BCUT2D eigenvalue weighted by molar-refractivity contribution is -0.146. The highest BCUT2D eigenvalue weighted by Crippen LogP contribution is 2.23. The fraction of sp³-hybridized carbons (Fsp3) is 0.500. The van der Waals surface area contributed by atoms with Gasteiger partial charge < -0.3 is 9.47 Å². The molecule has 1 aromatic carbocycles. The molecule has 0 spiro atoms. The number of benzene rings is 1. The second-order valence-corrected chi connectivity index (χ2v) is 5.14. The summed E-state index contributed by atoms with van der Waals surface area (Å²) in [4.78, 5) is 22.7. The molecule has 1 rings (SSSR count). The van der Waals surface area contributed by atoms with Gasteiger partial charge in [-0.2, -0.15) is 0 Å². The third-order valence-electron chi connectivity index (χ3n) is 3.20. The van der Waals surface area contributed by atoms with Crippen LogP contribution in [-0.2, 0) is 25.7 Å². The van der Waals surface area contributed by atoms with Gasteiger partial charge in [0, 0.05) is 12.8 Å². The van der Waals surface area contributed by atoms with E-state index in [1.165, 1.54) is 0 Å². The molecule has 0 aliphatic heterocycles. The van der Waals surface area contributed by atoms with Gasteiger partial charge in [-0.3, -0.25) is 9.59 Å². The molecule has 0 atom stereocenters. The first kappa shape index (κ1) is 20.9. The van der Waals surface area contributed by atoms with Crippen molar-refractivity contribution >= 4 is 11.9 Å². The smallest absolute Gasteiger partial charge is 0.306 e. The van der Waals surface area contributed by atoms with Gasteiger partial charge in [-0.25, -0.2) is 22.0 Å². The summed E-state index contributed by atoms with van der Waals surface area (Å²) in [5, 5.41) is 0. The molecular formula is C16H17F5O4. The Morgan fingerprint density at radius 2 is 1.24 bits per heavy atom. The van der Waals surface area contributed by atoms with Crippen molar-refractivity contribution < 1.29 is 41.0 Å². The van der Waals surface area contributed by atoms with Crippen LogP contribution >= 0.6 is 0 Å². The van der Waals surface area contributed by atoms with Gasteiger partial charge in [0.05, 0.1) is 12.2 Å². The van der Waals surface area contributed by atoms with Gasteiger partial charge in [-0.15, -0.1) is 0 Å². The number of hydrogen-bond acceptors (Lipinski definition) is 4. The van der Waals surface area contributed by atoms with E-state index in [1.54, 1.807) is 0 Å². The predicted octanol–water partition coefficient (Wildman–Crippen LogP) is 3.94. The molecule has 140 valence electrons. The largest absolute Gasteiger partial charge is 0.466 e. The van der Waals surface area contributed by atoms with Crippen molar-refractivity contribution in [1.82, 2.24) is 0 Å². The Balaban J connectivity index is 2.46. The lowest BCUT2D eigenvalue weighted by atomic mass is 10.2. The summed E-state index contributed by atoms with van der Waals surface area (Å²) in [5.41, 5.74) is -1.23. The molecule has 0 saturated heterocycles. The van der Waals surface area contributed by atoms with Crippen LogP contribution in [-0.4, -0.2) is 18.5 Å². The Morgan fingerprint density at radius 1 is 0.760 bits per heavy atom. The van der Waals surface area contributed by atoms with E-state index < -0.39 is 53.2 Å². The monoisotopic (exact) mass is 368 g/mol. The first-order valence-electron chi connectivity index (χ1n) is 7.61. The Kier molecular flexibility index (Phi) is 8.30. The van der Waals surface area contributed by atoms with Crippen molar-refractivity contribution in [1.29, 1.82) is 0 Å². The lowest BCUT2D eigenvalue weighted by Gasteiger charge is -2.09. The summed E-state index contributed by atoms with van der Waals surface area (Å²) < 4.78 is 75.0. The van der Waals surface area contributed by atoms with Crippen LogP contribution in [0.5, 0.6) is 0 Å². The first-order valence-corrected chi connectivity index (χ1v) is 7.61. The second kappa shape index (κ2) is 9.95. The number of carbonyl (C=O) groups excluding carboxylic acids is 2. The van der Waals surface area contributed by atoms with Crippen molar-refractivity contribution in [3.8, 4) is 0 Å². The van der Waals surface area contributed by atoms with E-state index in [-0.39, 0.29) is 25.9 Å². The topological polar surface area (TPSA) is 52.6 Å². The molecule has 0 aromatic heterocycles. The molecule has 0 aliphatic carbocycles. The quantitative estimate of drug-likeness (QED) is 0.218. The van der Waals surface area contributed by atoms with Crippen LogP contribution < -0.4 is 0 Å². The van der Waals surface area contributed by atoms with E-state index in [0.717, 1.165) is 12.8 Å². The maximum absolute atomic E-state index is 13.4. The number of esters is 2. The third-order valence-corrected chi connectivity index (χ3v) is 3.20. The molecule has 0 fully saturated rings. The van der Waals surface area contributed by atoms with Gasteiger partial charge in [0.15, 0.2) is 23.3 Å². The number of rotatable bonds is 9. The van der Waals surface area contributed by atoms with E-state index in [0.29, 0.717) is 0 Å². The van der Waals surface area contributed by atoms with Gasteiger partial charge in [0.2, 0.25) is 5.82 Å². The Labute approximate surface area is 140 Å². The van der Waals surface area contributed by atoms with Gasteiger partial charge in [0.1, 0.15) is 6.61 Å². The highest BCUT2D eigenvalue weighted by atomic mass is 19.2. The predicted molar refractivity (Wildman–Crippen MR) is 75.7 cm³/mol. The molecular weight excluding hydrogens is 351 g/mol. The summed E-state index contributed by atoms with van der Waals surface area (Å²) in [6, 6.07) is 0. The summed E-state index contributed by atoms with van der Waals surface area (Å²) in [5.74, 6) is -12.1. The zero-order valence-corrected chi connectivity index (χ0v) is 13.5. The molecule has 0 aliphatic rings. The number of hydrogen-bond donors (Lipinski definition) is 0. The molecule has 0 saturated carbocycles. The van der Waals surface area contributed by atoms with Crippen LogP contribution in [0.15, 0.2) is 0 Å². The third kappa shape index (κ3) is 5.99. The van der Waals surface area contributed by atoms with Gasteiger partial charge in [-0.05, 0) is 12.8 Å². The zero-order valence-electron chi connectivity index (χ0n) is 13.5. The van der Waals surface area contributed by atoms with Crippen LogP contribution in [0.4, 0.5) is 22.0 Å². The number of carbonyl (C=O) groups is 2. The molecule has 0 N–H and O–H groups in total. The van der Waals surface area contributed by atoms with Crippen molar-refractivity contribution in [3.63, 3.8) is 0 Å². The number of unbranched alkanes of at least 4 members (excludes halogenated alkanes) is 1. The van der Waals surface area contributed by atoms with Crippen LogP contribution in [0, 0.1) is 29.1 Å². The maximum atomic E-state index is 13.4. The molecule has 4 nitrogen and oxygen atoms in total. The number of halogens is 5. The van der Waals surface area contributed by atoms with Crippen LogP contribution in [0.3, 0.4) is 0 Å². The minimum atomic E-state index is -2.29. The average molecular weight is 368 g/mol. The zero-order chi connectivity index (χ0) is 19.0. The van der Waals surface area contributed by atoms with Crippen molar-refractivity contribution in [2.45, 2.75) is 45.6 Å². The van der Waals surface area contributed by atoms with Crippen LogP contribution in [0.25, 0.3) is 0 Å². The molecule has 0 amide bonds. The van der Waals surface area contributed by atoms with Crippen molar-refractivity contribution in [3.05, 3.63) is 34.6 Å². The minimum absolute atomic E-state index is 0.0542. The minimum Gasteiger partial charge on any atom is -0.466 e. The molecule has 0 heterocycles. The van der Waals surface area contributed by atoms with E-state index >= 15 is 0 Å². The van der Waals surface area contributed by atoms with Crippen molar-refractivity contribution in [2.75, 3.05) is 6.61 Å². The Morgan fingerprint density at radius 3 is 1.76 bits per heavy atom. The molecule has 25 heavy (non-hydrogen) atoms. The van der Waals surface area contributed by atoms with Gasteiger partial charge in [-0.1, -0.05) is 13.3 Å². The summed E-state index contributed by atoms with van der Waals surface area (Å²) in [6.45, 7) is 1.10. The highest BCUT2D eigenvalue weighted by molar-refractivity contribution is 5.72. The number of ether oxygens (including phenoxy) is 2. The molecule has 9 heteroatoms. The Bertz CT molecular complexity index is 604. The van der Waals surface area contributed by atoms with E-state index in [2.05, 4.69) is 4.74 Å². The molecule has 1 aromatic rings. The highest BCUT2D eigenvalue weighted by Gasteiger charge is 2.26. The van der Waals surface area contributed by atoms with Gasteiger partial charge >= 0.3 is 11.9 Å². The standard InChI is InChI=1S/C16H17F5O4/c1-2-3-7-24-10(22)5-4-6-11(23)25-8-9-12(17)14(19)16(21)15(20)13(9)18/h2-8H2,1H3. The fourth-order valence-electron chi connectivity index (χ4n) is 1.78. The Hall–Kier alpha value is -2.19. The van der Waals surface area contributed by atoms with Crippen molar-refractivity contribution in [2.24, 2.45) is 0 Å². The molecule has 0 radical (unpaired) electrons. The molecule has 0 unspecified atom stereocenters. The maximum Gasteiger partial charge on any atom is 0.306 e. The first-order chi connectivity index (χ1) is 11.8. The fourth-order valence-corrected chi connectivity index (χ4v) is 1.78.